The van der Waals surface area contributed by atoms with Gasteiger partial charge >= 0.3 is 6.16 Å². The second-order valence-electron chi connectivity index (χ2n) is 8.66. The van der Waals surface area contributed by atoms with Crippen molar-refractivity contribution in [1.82, 2.24) is 29.8 Å². The van der Waals surface area contributed by atoms with Crippen molar-refractivity contribution in [2.45, 2.75) is 36.3 Å². The number of amides is 3. The summed E-state index contributed by atoms with van der Waals surface area (Å²) in [6, 6.07) is -2.53. The van der Waals surface area contributed by atoms with Crippen LogP contribution in [0.3, 0.4) is 0 Å². The maximum Gasteiger partial charge on any atom is 0.512 e. The lowest BCUT2D eigenvalue weighted by atomic mass is 10.0. The van der Waals surface area contributed by atoms with Gasteiger partial charge in [-0.1, -0.05) is 0 Å². The second-order valence-corrected chi connectivity index (χ2v) is 10.5. The number of nitroso groups, excluding NO2 is 1. The Morgan fingerprint density at radius 3 is 2.84 bits per heavy atom. The molecule has 4 aliphatic rings. The number of carbonyl (C=O) groups excluding carboxylic acids is 3. The van der Waals surface area contributed by atoms with Crippen LogP contribution in [0.15, 0.2) is 28.3 Å². The number of nitrogens with two attached hydrogens (primary N) is 1. The molecule has 4 atom stereocenters. The number of thioether (sulfide) groups is 1. The van der Waals surface area contributed by atoms with Crippen LogP contribution >= 0.6 is 23.3 Å². The highest BCUT2D eigenvalue weighted by Crippen LogP contribution is 2.42. The topological polar surface area (TPSA) is 210 Å². The van der Waals surface area contributed by atoms with E-state index in [0.717, 1.165) is 35.9 Å². The third-order valence-corrected chi connectivity index (χ3v) is 8.32. The van der Waals surface area contributed by atoms with E-state index >= 15 is 0 Å². The van der Waals surface area contributed by atoms with E-state index in [1.54, 1.807) is 6.08 Å². The van der Waals surface area contributed by atoms with Crippen LogP contribution in [-0.2, 0) is 19.1 Å². The molecule has 0 aliphatic carbocycles. The summed E-state index contributed by atoms with van der Waals surface area (Å²) in [5.74, 6) is -1.79. The average molecular weight is 551 g/mol. The zero-order chi connectivity index (χ0) is 26.3. The molecule has 196 valence electrons. The standard InChI is InChI=1S/C20H22N8O7S2/c21-19-24-13(26-37-19)11(25-34)14(29)23-12-16(31)28-17(35-20(32)33)9(7-36-18(12)28)5-8-2-4-27(15(8)30)10-1-3-22-6-10/h5,10-12,18,22H,1-4,6-7H2,(H,23,29)(H,32,33)(H2,21,24,26)/t10-,11?,12-,18-/m1/s1. The number of rotatable bonds is 7. The normalized spacial score (nSPS) is 27.2. The first-order valence-corrected chi connectivity index (χ1v) is 13.1. The van der Waals surface area contributed by atoms with Crippen LogP contribution in [0.2, 0.25) is 0 Å². The van der Waals surface area contributed by atoms with Crippen LogP contribution in [-0.4, -0.2) is 91.0 Å². The van der Waals surface area contributed by atoms with Crippen LogP contribution in [0.25, 0.3) is 0 Å². The molecule has 1 aromatic rings. The molecule has 3 fully saturated rings. The van der Waals surface area contributed by atoms with E-state index < -0.39 is 35.4 Å². The molecule has 37 heavy (non-hydrogen) atoms. The van der Waals surface area contributed by atoms with Gasteiger partial charge in [0.2, 0.25) is 17.8 Å². The molecule has 0 aromatic carbocycles. The van der Waals surface area contributed by atoms with Crippen molar-refractivity contribution >= 4 is 52.3 Å². The molecule has 5 heterocycles. The second kappa shape index (κ2) is 10.1. The van der Waals surface area contributed by atoms with Crippen molar-refractivity contribution in [3.8, 4) is 0 Å². The molecule has 0 spiro atoms. The number of carbonyl (C=O) groups is 4. The molecule has 1 unspecified atom stereocenters. The SMILES string of the molecule is Nc1nc(C(N=O)C(=O)N[C@@H]2C(=O)N3C(OC(=O)O)=C(C=C4CCN([C@@H]5CCNC5)C4=O)CS[C@H]23)ns1. The number of anilines is 1. The first kappa shape index (κ1) is 25.1. The molecule has 3 saturated heterocycles. The van der Waals surface area contributed by atoms with Crippen molar-refractivity contribution in [2.75, 3.05) is 31.1 Å². The Kier molecular flexibility index (Phi) is 6.82. The number of nitrogens with one attached hydrogen (secondary N) is 2. The minimum Gasteiger partial charge on any atom is -0.449 e. The fourth-order valence-corrected chi connectivity index (χ4v) is 6.46. The Morgan fingerprint density at radius 1 is 1.38 bits per heavy atom. The number of likely N-dealkylation sites (tertiary alicyclic amines) is 1. The number of β-lactam (4-membered cyclic amide) rings is 1. The zero-order valence-corrected chi connectivity index (χ0v) is 20.8. The van der Waals surface area contributed by atoms with Crippen molar-refractivity contribution in [2.24, 2.45) is 5.18 Å². The van der Waals surface area contributed by atoms with Gasteiger partial charge in [0.15, 0.2) is 11.0 Å². The number of nitrogens with zero attached hydrogens (tertiary/aromatic N) is 5. The molecule has 5 N–H and O–H groups in total. The molecule has 15 nitrogen and oxygen atoms in total. The number of fused-ring (bicyclic) bond motifs is 1. The molecule has 3 amide bonds. The third kappa shape index (κ3) is 4.64. The molecular weight excluding hydrogens is 528 g/mol. The summed E-state index contributed by atoms with van der Waals surface area (Å²) in [5.41, 5.74) is 6.40. The number of nitrogen functional groups attached to an aromatic ring is 1. The highest BCUT2D eigenvalue weighted by Gasteiger charge is 2.54. The molecule has 0 radical (unpaired) electrons. The van der Waals surface area contributed by atoms with E-state index in [1.807, 2.05) is 4.90 Å². The molecular formula is C20H22N8O7S2. The van der Waals surface area contributed by atoms with Gasteiger partial charge in [0.1, 0.15) is 11.4 Å². The summed E-state index contributed by atoms with van der Waals surface area (Å²) in [6.07, 6.45) is 1.34. The van der Waals surface area contributed by atoms with Gasteiger partial charge in [-0.15, -0.1) is 16.7 Å². The summed E-state index contributed by atoms with van der Waals surface area (Å²) in [4.78, 5) is 68.0. The maximum absolute atomic E-state index is 13.0. The van der Waals surface area contributed by atoms with E-state index in [2.05, 4.69) is 25.2 Å². The van der Waals surface area contributed by atoms with E-state index in [0.29, 0.717) is 24.1 Å². The molecule has 4 aliphatic heterocycles. The number of hydrogen-bond acceptors (Lipinski definition) is 13. The van der Waals surface area contributed by atoms with Crippen LogP contribution in [0, 0.1) is 4.91 Å². The minimum atomic E-state index is -1.62. The first-order valence-electron chi connectivity index (χ1n) is 11.3. The fraction of sp³-hybridized carbons (Fsp3) is 0.500. The van der Waals surface area contributed by atoms with Crippen molar-refractivity contribution < 1.29 is 29.0 Å². The Bertz CT molecular complexity index is 1230. The van der Waals surface area contributed by atoms with Gasteiger partial charge in [-0.25, -0.2) is 9.78 Å². The summed E-state index contributed by atoms with van der Waals surface area (Å²) >= 11 is 2.05. The van der Waals surface area contributed by atoms with Gasteiger partial charge in [0.05, 0.1) is 0 Å². The Labute approximate surface area is 217 Å². The number of hydrogen-bond donors (Lipinski definition) is 4. The fourth-order valence-electron chi connectivity index (χ4n) is 4.71. The van der Waals surface area contributed by atoms with Crippen molar-refractivity contribution in [1.29, 1.82) is 0 Å². The summed E-state index contributed by atoms with van der Waals surface area (Å²) < 4.78 is 8.79. The highest BCUT2D eigenvalue weighted by molar-refractivity contribution is 8.00. The summed E-state index contributed by atoms with van der Waals surface area (Å²) in [5, 5.41) is 17.1. The molecule has 5 rings (SSSR count). The van der Waals surface area contributed by atoms with Crippen LogP contribution in [0.5, 0.6) is 0 Å². The van der Waals surface area contributed by atoms with Crippen LogP contribution < -0.4 is 16.4 Å². The number of ether oxygens (including phenoxy) is 1. The molecule has 1 aromatic heterocycles. The number of aromatic nitrogens is 2. The van der Waals surface area contributed by atoms with Gasteiger partial charge < -0.3 is 31.1 Å². The molecule has 17 heteroatoms. The zero-order valence-electron chi connectivity index (χ0n) is 19.2. The summed E-state index contributed by atoms with van der Waals surface area (Å²) in [6.45, 7) is 2.14. The van der Waals surface area contributed by atoms with Gasteiger partial charge in [0.25, 0.3) is 11.8 Å². The van der Waals surface area contributed by atoms with E-state index in [-0.39, 0.29) is 34.5 Å². The molecule has 0 bridgehead atoms. The Morgan fingerprint density at radius 2 is 2.19 bits per heavy atom. The highest BCUT2D eigenvalue weighted by atomic mass is 32.2. The lowest BCUT2D eigenvalue weighted by Crippen LogP contribution is -2.70. The van der Waals surface area contributed by atoms with Gasteiger partial charge in [-0.05, 0) is 30.6 Å². The quantitative estimate of drug-likeness (QED) is 0.150. The largest absolute Gasteiger partial charge is 0.512 e. The van der Waals surface area contributed by atoms with E-state index in [4.69, 9.17) is 10.5 Å². The number of carboxylic acid groups (broad SMARTS) is 1. The van der Waals surface area contributed by atoms with E-state index in [9.17, 15) is 29.2 Å². The Hall–Kier alpha value is -3.57. The predicted octanol–water partition coefficient (Wildman–Crippen LogP) is -0.245. The summed E-state index contributed by atoms with van der Waals surface area (Å²) in [7, 11) is 0. The van der Waals surface area contributed by atoms with Gasteiger partial charge in [0, 0.05) is 47.6 Å². The lowest BCUT2D eigenvalue weighted by molar-refractivity contribution is -0.149. The van der Waals surface area contributed by atoms with Gasteiger partial charge in [-0.2, -0.15) is 4.37 Å². The lowest BCUT2D eigenvalue weighted by Gasteiger charge is -2.49. The molecule has 0 saturated carbocycles. The first-order chi connectivity index (χ1) is 17.8. The number of allylic oxidation sites excluding steroid dienone is 1. The third-order valence-electron chi connectivity index (χ3n) is 6.46. The van der Waals surface area contributed by atoms with Crippen LogP contribution in [0.4, 0.5) is 9.93 Å². The van der Waals surface area contributed by atoms with Crippen molar-refractivity contribution in [3.05, 3.63) is 33.8 Å². The Balaban J connectivity index is 1.33. The average Bonchev–Trinajstić information content (AvgIpc) is 3.61. The maximum atomic E-state index is 13.0. The smallest absolute Gasteiger partial charge is 0.449 e. The van der Waals surface area contributed by atoms with Gasteiger partial charge in [-0.3, -0.25) is 19.3 Å². The minimum absolute atomic E-state index is 0.0520. The van der Waals surface area contributed by atoms with E-state index in [1.165, 1.54) is 11.8 Å². The van der Waals surface area contributed by atoms with Crippen LogP contribution in [0.1, 0.15) is 24.7 Å². The predicted molar refractivity (Wildman–Crippen MR) is 130 cm³/mol. The monoisotopic (exact) mass is 550 g/mol. The van der Waals surface area contributed by atoms with Crippen molar-refractivity contribution in [3.63, 3.8) is 0 Å².